The normalized spacial score (nSPS) is 17.6. The molecule has 5 nitrogen and oxygen atoms in total. The lowest BCUT2D eigenvalue weighted by atomic mass is 10.0. The van der Waals surface area contributed by atoms with Crippen molar-refractivity contribution in [3.05, 3.63) is 59.2 Å². The average molecular weight is 365 g/mol. The molecule has 0 spiro atoms. The van der Waals surface area contributed by atoms with Crippen molar-refractivity contribution in [3.63, 3.8) is 0 Å². The summed E-state index contributed by atoms with van der Waals surface area (Å²) in [6.07, 6.45) is 3.15. The Morgan fingerprint density at radius 1 is 1.11 bits per heavy atom. The smallest absolute Gasteiger partial charge is 0.251 e. The summed E-state index contributed by atoms with van der Waals surface area (Å²) < 4.78 is 11.1. The number of amides is 1. The summed E-state index contributed by atoms with van der Waals surface area (Å²) >= 11 is 0. The van der Waals surface area contributed by atoms with Crippen molar-refractivity contribution < 1.29 is 19.1 Å². The molecule has 2 aliphatic rings. The van der Waals surface area contributed by atoms with Crippen molar-refractivity contribution >= 4 is 11.7 Å². The molecule has 4 rings (SSSR count). The summed E-state index contributed by atoms with van der Waals surface area (Å²) in [4.78, 5) is 24.9. The molecule has 0 aromatic heterocycles. The maximum atomic E-state index is 12.5. The minimum Gasteiger partial charge on any atom is -0.379 e. The van der Waals surface area contributed by atoms with Crippen molar-refractivity contribution in [3.8, 4) is 11.1 Å². The van der Waals surface area contributed by atoms with Gasteiger partial charge in [-0.05, 0) is 42.5 Å². The molecule has 140 valence electrons. The Kier molecular flexibility index (Phi) is 5.32. The summed E-state index contributed by atoms with van der Waals surface area (Å²) in [6.45, 7) is 2.59. The molecule has 1 saturated heterocycles. The highest BCUT2D eigenvalue weighted by molar-refractivity contribution is 6.22. The highest BCUT2D eigenvalue weighted by atomic mass is 16.5. The van der Waals surface area contributed by atoms with Crippen LogP contribution in [0.5, 0.6) is 0 Å². The SMILES string of the molecule is O=C(NCCCOCC1CCCO1)c1ccc2c(c1)C(=O)c1ccccc1-2. The Labute approximate surface area is 158 Å². The second kappa shape index (κ2) is 8.03. The third-order valence-electron chi connectivity index (χ3n) is 5.07. The lowest BCUT2D eigenvalue weighted by Gasteiger charge is -2.10. The predicted molar refractivity (Wildman–Crippen MR) is 102 cm³/mol. The molecule has 1 heterocycles. The molecule has 1 fully saturated rings. The molecule has 0 radical (unpaired) electrons. The zero-order chi connectivity index (χ0) is 18.6. The van der Waals surface area contributed by atoms with Gasteiger partial charge in [0.2, 0.25) is 0 Å². The van der Waals surface area contributed by atoms with Crippen LogP contribution in [0.1, 0.15) is 45.5 Å². The van der Waals surface area contributed by atoms with Gasteiger partial charge in [0.05, 0.1) is 12.7 Å². The second-order valence-corrected chi connectivity index (χ2v) is 6.95. The highest BCUT2D eigenvalue weighted by Gasteiger charge is 2.26. The van der Waals surface area contributed by atoms with E-state index in [1.54, 1.807) is 12.1 Å². The van der Waals surface area contributed by atoms with Gasteiger partial charge < -0.3 is 14.8 Å². The van der Waals surface area contributed by atoms with E-state index in [1.807, 2.05) is 30.3 Å². The number of carbonyl (C=O) groups is 2. The third kappa shape index (κ3) is 3.80. The van der Waals surface area contributed by atoms with Crippen LogP contribution in [-0.4, -0.2) is 44.2 Å². The van der Waals surface area contributed by atoms with Gasteiger partial charge in [-0.2, -0.15) is 0 Å². The Morgan fingerprint density at radius 3 is 2.74 bits per heavy atom. The quantitative estimate of drug-likeness (QED) is 0.653. The highest BCUT2D eigenvalue weighted by Crippen LogP contribution is 2.36. The van der Waals surface area contributed by atoms with E-state index in [-0.39, 0.29) is 17.8 Å². The van der Waals surface area contributed by atoms with Crippen LogP contribution in [0.2, 0.25) is 0 Å². The topological polar surface area (TPSA) is 64.6 Å². The fourth-order valence-corrected chi connectivity index (χ4v) is 3.64. The number of rotatable bonds is 7. The minimum atomic E-state index is -0.166. The predicted octanol–water partition coefficient (Wildman–Crippen LogP) is 3.21. The number of nitrogens with one attached hydrogen (secondary N) is 1. The molecule has 1 N–H and O–H groups in total. The van der Waals surface area contributed by atoms with Crippen LogP contribution in [0.3, 0.4) is 0 Å². The first kappa shape index (κ1) is 17.9. The molecule has 1 aliphatic carbocycles. The number of hydrogen-bond donors (Lipinski definition) is 1. The van der Waals surface area contributed by atoms with E-state index in [0.29, 0.717) is 36.4 Å². The molecule has 1 unspecified atom stereocenters. The Morgan fingerprint density at radius 2 is 1.93 bits per heavy atom. The van der Waals surface area contributed by atoms with E-state index in [9.17, 15) is 9.59 Å². The van der Waals surface area contributed by atoms with Gasteiger partial charge >= 0.3 is 0 Å². The number of carbonyl (C=O) groups excluding carboxylic acids is 2. The first-order valence-electron chi connectivity index (χ1n) is 9.50. The summed E-state index contributed by atoms with van der Waals surface area (Å²) in [5.41, 5.74) is 3.65. The Hall–Kier alpha value is -2.50. The van der Waals surface area contributed by atoms with Crippen LogP contribution in [0.15, 0.2) is 42.5 Å². The summed E-state index contributed by atoms with van der Waals surface area (Å²) in [7, 11) is 0. The summed E-state index contributed by atoms with van der Waals surface area (Å²) in [5.74, 6) is -0.182. The van der Waals surface area contributed by atoms with E-state index >= 15 is 0 Å². The fourth-order valence-electron chi connectivity index (χ4n) is 3.64. The molecule has 2 aromatic carbocycles. The molecular weight excluding hydrogens is 342 g/mol. The van der Waals surface area contributed by atoms with Gasteiger partial charge in [0.1, 0.15) is 0 Å². The van der Waals surface area contributed by atoms with Crippen molar-refractivity contribution in [1.29, 1.82) is 0 Å². The van der Waals surface area contributed by atoms with Crippen LogP contribution >= 0.6 is 0 Å². The monoisotopic (exact) mass is 365 g/mol. The molecule has 0 bridgehead atoms. The number of benzene rings is 2. The Balaban J connectivity index is 1.28. The Bertz CT molecular complexity index is 855. The van der Waals surface area contributed by atoms with Crippen LogP contribution in [-0.2, 0) is 9.47 Å². The van der Waals surface area contributed by atoms with E-state index in [1.165, 1.54) is 0 Å². The summed E-state index contributed by atoms with van der Waals surface area (Å²) in [6, 6.07) is 12.9. The standard InChI is InChI=1S/C22H23NO4/c24-21-19-7-2-1-6-17(19)18-9-8-15(13-20(18)21)22(25)23-10-4-11-26-14-16-5-3-12-27-16/h1-2,6-9,13,16H,3-5,10-12,14H2,(H,23,25). The number of ether oxygens (including phenoxy) is 2. The van der Waals surface area contributed by atoms with E-state index < -0.39 is 0 Å². The number of fused-ring (bicyclic) bond motifs is 3. The second-order valence-electron chi connectivity index (χ2n) is 6.95. The lowest BCUT2D eigenvalue weighted by Crippen LogP contribution is -2.26. The molecule has 2 aromatic rings. The summed E-state index contributed by atoms with van der Waals surface area (Å²) in [5, 5.41) is 2.89. The van der Waals surface area contributed by atoms with Gasteiger partial charge in [-0.25, -0.2) is 0 Å². The van der Waals surface area contributed by atoms with E-state index in [2.05, 4.69) is 5.32 Å². The molecular formula is C22H23NO4. The van der Waals surface area contributed by atoms with E-state index in [4.69, 9.17) is 9.47 Å². The first-order chi connectivity index (χ1) is 13.2. The van der Waals surface area contributed by atoms with Crippen molar-refractivity contribution in [2.45, 2.75) is 25.4 Å². The number of ketones is 1. The van der Waals surface area contributed by atoms with Crippen LogP contribution in [0.25, 0.3) is 11.1 Å². The number of hydrogen-bond acceptors (Lipinski definition) is 4. The van der Waals surface area contributed by atoms with Gasteiger partial charge in [0.25, 0.3) is 5.91 Å². The maximum absolute atomic E-state index is 12.5. The maximum Gasteiger partial charge on any atom is 0.251 e. The van der Waals surface area contributed by atoms with Gasteiger partial charge in [-0.3, -0.25) is 9.59 Å². The zero-order valence-electron chi connectivity index (χ0n) is 15.2. The largest absolute Gasteiger partial charge is 0.379 e. The zero-order valence-corrected chi connectivity index (χ0v) is 15.2. The van der Waals surface area contributed by atoms with E-state index in [0.717, 1.165) is 37.0 Å². The van der Waals surface area contributed by atoms with Crippen molar-refractivity contribution in [2.24, 2.45) is 0 Å². The van der Waals surface area contributed by atoms with Crippen LogP contribution in [0.4, 0.5) is 0 Å². The van der Waals surface area contributed by atoms with Gasteiger partial charge in [-0.15, -0.1) is 0 Å². The molecule has 1 amide bonds. The fraction of sp³-hybridized carbons (Fsp3) is 0.364. The molecule has 1 aliphatic heterocycles. The lowest BCUT2D eigenvalue weighted by molar-refractivity contribution is 0.0166. The van der Waals surface area contributed by atoms with Crippen LogP contribution in [0, 0.1) is 0 Å². The molecule has 27 heavy (non-hydrogen) atoms. The molecule has 1 atom stereocenters. The van der Waals surface area contributed by atoms with Gasteiger partial charge in [0.15, 0.2) is 5.78 Å². The minimum absolute atomic E-state index is 0.0159. The average Bonchev–Trinajstić information content (AvgIpc) is 3.31. The van der Waals surface area contributed by atoms with Gasteiger partial charge in [0, 0.05) is 36.4 Å². The van der Waals surface area contributed by atoms with Crippen molar-refractivity contribution in [2.75, 3.05) is 26.4 Å². The molecule has 0 saturated carbocycles. The first-order valence-corrected chi connectivity index (χ1v) is 9.50. The molecule has 5 heteroatoms. The van der Waals surface area contributed by atoms with Crippen molar-refractivity contribution in [1.82, 2.24) is 5.32 Å². The van der Waals surface area contributed by atoms with Gasteiger partial charge in [-0.1, -0.05) is 30.3 Å². The third-order valence-corrected chi connectivity index (χ3v) is 5.07. The van der Waals surface area contributed by atoms with Crippen LogP contribution < -0.4 is 5.32 Å².